The summed E-state index contributed by atoms with van der Waals surface area (Å²) in [5.74, 6) is -1.21. The largest absolute Gasteiger partial charge is 0.476 e. The van der Waals surface area contributed by atoms with Crippen LogP contribution in [0.2, 0.25) is 0 Å². The Balaban J connectivity index is 1.92. The number of aromatic carboxylic acids is 1. The number of aromatic nitrogens is 3. The summed E-state index contributed by atoms with van der Waals surface area (Å²) < 4.78 is 1.27. The Bertz CT molecular complexity index is 528. The third-order valence-electron chi connectivity index (χ3n) is 4.30. The molecule has 1 aromatic rings. The molecule has 0 spiro atoms. The lowest BCUT2D eigenvalue weighted by Crippen LogP contribution is -2.42. The number of hydrogen-bond acceptors (Lipinski definition) is 4. The van der Waals surface area contributed by atoms with Gasteiger partial charge in [-0.15, -0.1) is 5.10 Å². The number of rotatable bonds is 4. The van der Waals surface area contributed by atoms with Crippen LogP contribution in [0.5, 0.6) is 0 Å². The van der Waals surface area contributed by atoms with Crippen molar-refractivity contribution in [3.63, 3.8) is 0 Å². The molecule has 1 N–H and O–H groups in total. The molecule has 1 aliphatic rings. The highest BCUT2D eigenvalue weighted by Crippen LogP contribution is 2.36. The van der Waals surface area contributed by atoms with Gasteiger partial charge in [-0.3, -0.25) is 4.79 Å². The highest BCUT2D eigenvalue weighted by Gasteiger charge is 2.30. The van der Waals surface area contributed by atoms with Crippen molar-refractivity contribution in [3.8, 4) is 0 Å². The molecule has 0 aromatic carbocycles. The van der Waals surface area contributed by atoms with Crippen molar-refractivity contribution in [2.75, 3.05) is 7.05 Å². The molecule has 0 aliphatic heterocycles. The van der Waals surface area contributed by atoms with Crippen LogP contribution in [0, 0.1) is 5.41 Å². The maximum Gasteiger partial charge on any atom is 0.358 e. The topological polar surface area (TPSA) is 88.3 Å². The van der Waals surface area contributed by atoms with E-state index in [1.165, 1.54) is 10.9 Å². The van der Waals surface area contributed by atoms with Crippen LogP contribution >= 0.6 is 0 Å². The number of carboxylic acid groups (broad SMARTS) is 1. The minimum atomic E-state index is -1.14. The normalized spacial score (nSPS) is 18.4. The first-order chi connectivity index (χ1) is 9.78. The van der Waals surface area contributed by atoms with E-state index in [9.17, 15) is 9.59 Å². The molecule has 0 atom stereocenters. The summed E-state index contributed by atoms with van der Waals surface area (Å²) in [5, 5.41) is 16.0. The summed E-state index contributed by atoms with van der Waals surface area (Å²) in [6.45, 7) is 4.54. The molecule has 1 aromatic heterocycles. The molecule has 7 nitrogen and oxygen atoms in total. The van der Waals surface area contributed by atoms with Crippen LogP contribution in [0.15, 0.2) is 6.20 Å². The van der Waals surface area contributed by atoms with Gasteiger partial charge in [0.1, 0.15) is 6.54 Å². The Morgan fingerprint density at radius 2 is 2.05 bits per heavy atom. The number of carbonyl (C=O) groups excluding carboxylic acids is 1. The van der Waals surface area contributed by atoms with Gasteiger partial charge in [0.15, 0.2) is 5.69 Å². The SMILES string of the molecule is CN(C(=O)Cn1cc(C(=O)O)nn1)C1CCC(C)(C)CC1. The fraction of sp³-hybridized carbons (Fsp3) is 0.714. The average Bonchev–Trinajstić information content (AvgIpc) is 2.86. The second-order valence-corrected chi connectivity index (χ2v) is 6.51. The predicted octanol–water partition coefficient (Wildman–Crippen LogP) is 1.40. The van der Waals surface area contributed by atoms with Crippen LogP contribution in [-0.4, -0.2) is 50.0 Å². The van der Waals surface area contributed by atoms with Gasteiger partial charge < -0.3 is 10.0 Å². The monoisotopic (exact) mass is 294 g/mol. The van der Waals surface area contributed by atoms with Gasteiger partial charge in [0.25, 0.3) is 0 Å². The molecular weight excluding hydrogens is 272 g/mol. The molecule has 1 amide bonds. The van der Waals surface area contributed by atoms with Crippen LogP contribution in [-0.2, 0) is 11.3 Å². The molecule has 21 heavy (non-hydrogen) atoms. The van der Waals surface area contributed by atoms with Crippen LogP contribution < -0.4 is 0 Å². The first-order valence-electron chi connectivity index (χ1n) is 7.17. The van der Waals surface area contributed by atoms with Gasteiger partial charge in [-0.1, -0.05) is 19.1 Å². The minimum absolute atomic E-state index is 0.0245. The van der Waals surface area contributed by atoms with E-state index in [0.717, 1.165) is 25.7 Å². The first kappa shape index (κ1) is 15.5. The highest BCUT2D eigenvalue weighted by molar-refractivity contribution is 5.84. The predicted molar refractivity (Wildman–Crippen MR) is 75.8 cm³/mol. The lowest BCUT2D eigenvalue weighted by atomic mass is 9.75. The lowest BCUT2D eigenvalue weighted by Gasteiger charge is -2.38. The maximum atomic E-state index is 12.2. The van der Waals surface area contributed by atoms with Crippen LogP contribution in [0.1, 0.15) is 50.0 Å². The van der Waals surface area contributed by atoms with E-state index < -0.39 is 5.97 Å². The molecule has 0 unspecified atom stereocenters. The van der Waals surface area contributed by atoms with E-state index in [2.05, 4.69) is 24.2 Å². The summed E-state index contributed by atoms with van der Waals surface area (Å²) in [6.07, 6.45) is 5.52. The van der Waals surface area contributed by atoms with Crippen molar-refractivity contribution in [2.24, 2.45) is 5.41 Å². The van der Waals surface area contributed by atoms with Crippen LogP contribution in [0.4, 0.5) is 0 Å². The lowest BCUT2D eigenvalue weighted by molar-refractivity contribution is -0.133. The summed E-state index contributed by atoms with van der Waals surface area (Å²) >= 11 is 0. The number of carbonyl (C=O) groups is 2. The molecule has 1 heterocycles. The standard InChI is InChI=1S/C14H22N4O3/c1-14(2)6-4-10(5-7-14)17(3)12(19)9-18-8-11(13(20)21)15-16-18/h8,10H,4-7,9H2,1-3H3,(H,20,21). The molecule has 2 rings (SSSR count). The molecule has 7 heteroatoms. The van der Waals surface area contributed by atoms with Crippen molar-refractivity contribution in [1.82, 2.24) is 19.9 Å². The number of nitrogens with zero attached hydrogens (tertiary/aromatic N) is 4. The zero-order valence-electron chi connectivity index (χ0n) is 12.7. The summed E-state index contributed by atoms with van der Waals surface area (Å²) in [5.41, 5.74) is 0.216. The molecule has 0 saturated heterocycles. The van der Waals surface area contributed by atoms with E-state index in [1.807, 2.05) is 0 Å². The Labute approximate surface area is 123 Å². The fourth-order valence-electron chi connectivity index (χ4n) is 2.70. The summed E-state index contributed by atoms with van der Waals surface area (Å²) in [4.78, 5) is 24.7. The maximum absolute atomic E-state index is 12.2. The Morgan fingerprint density at radius 3 is 2.57 bits per heavy atom. The zero-order chi connectivity index (χ0) is 15.6. The number of carboxylic acids is 1. The molecule has 116 valence electrons. The summed E-state index contributed by atoms with van der Waals surface area (Å²) in [6, 6.07) is 0.257. The third kappa shape index (κ3) is 3.80. The molecule has 1 saturated carbocycles. The highest BCUT2D eigenvalue weighted by atomic mass is 16.4. The van der Waals surface area contributed by atoms with Gasteiger partial charge in [0.2, 0.25) is 5.91 Å². The average molecular weight is 294 g/mol. The van der Waals surface area contributed by atoms with Gasteiger partial charge in [-0.25, -0.2) is 9.48 Å². The third-order valence-corrected chi connectivity index (χ3v) is 4.30. The number of amides is 1. The van der Waals surface area contributed by atoms with E-state index >= 15 is 0 Å². The van der Waals surface area contributed by atoms with E-state index in [4.69, 9.17) is 5.11 Å². The Morgan fingerprint density at radius 1 is 1.43 bits per heavy atom. The van der Waals surface area contributed by atoms with Crippen LogP contribution in [0.3, 0.4) is 0 Å². The van der Waals surface area contributed by atoms with Gasteiger partial charge in [-0.05, 0) is 31.1 Å². The number of hydrogen-bond donors (Lipinski definition) is 1. The van der Waals surface area contributed by atoms with E-state index in [-0.39, 0.29) is 24.2 Å². The van der Waals surface area contributed by atoms with E-state index in [1.54, 1.807) is 11.9 Å². The van der Waals surface area contributed by atoms with Gasteiger partial charge in [-0.2, -0.15) is 0 Å². The molecule has 0 bridgehead atoms. The van der Waals surface area contributed by atoms with Crippen molar-refractivity contribution in [3.05, 3.63) is 11.9 Å². The second kappa shape index (κ2) is 5.83. The molecule has 1 fully saturated rings. The van der Waals surface area contributed by atoms with Gasteiger partial charge in [0.05, 0.1) is 6.20 Å². The molecular formula is C14H22N4O3. The van der Waals surface area contributed by atoms with Crippen molar-refractivity contribution in [1.29, 1.82) is 0 Å². The van der Waals surface area contributed by atoms with Crippen molar-refractivity contribution < 1.29 is 14.7 Å². The molecule has 1 aliphatic carbocycles. The number of likely N-dealkylation sites (N-methyl/N-ethyl adjacent to an activating group) is 1. The van der Waals surface area contributed by atoms with E-state index in [0.29, 0.717) is 5.41 Å². The van der Waals surface area contributed by atoms with Gasteiger partial charge in [0, 0.05) is 13.1 Å². The molecule has 0 radical (unpaired) electrons. The summed E-state index contributed by atoms with van der Waals surface area (Å²) in [7, 11) is 1.81. The Hall–Kier alpha value is -1.92. The second-order valence-electron chi connectivity index (χ2n) is 6.51. The Kier molecular flexibility index (Phi) is 4.29. The zero-order valence-corrected chi connectivity index (χ0v) is 12.7. The smallest absolute Gasteiger partial charge is 0.358 e. The van der Waals surface area contributed by atoms with Crippen molar-refractivity contribution in [2.45, 2.75) is 52.1 Å². The first-order valence-corrected chi connectivity index (χ1v) is 7.17. The van der Waals surface area contributed by atoms with Crippen molar-refractivity contribution >= 4 is 11.9 Å². The minimum Gasteiger partial charge on any atom is -0.476 e. The van der Waals surface area contributed by atoms with Crippen LogP contribution in [0.25, 0.3) is 0 Å². The van der Waals surface area contributed by atoms with Gasteiger partial charge >= 0.3 is 5.97 Å². The fourth-order valence-corrected chi connectivity index (χ4v) is 2.70. The quantitative estimate of drug-likeness (QED) is 0.907.